The summed E-state index contributed by atoms with van der Waals surface area (Å²) in [4.78, 5) is 14.9. The van der Waals surface area contributed by atoms with E-state index in [2.05, 4.69) is 109 Å². The minimum atomic E-state index is 0.653. The highest BCUT2D eigenvalue weighted by Crippen LogP contribution is 2.45. The Hall–Kier alpha value is -6.99. The molecule has 0 amide bonds. The summed E-state index contributed by atoms with van der Waals surface area (Å²) in [5.41, 5.74) is 9.30. The highest BCUT2D eigenvalue weighted by molar-refractivity contribution is 7.26. The Balaban J connectivity index is 1.02. The van der Waals surface area contributed by atoms with E-state index >= 15 is 0 Å². The van der Waals surface area contributed by atoms with Crippen LogP contribution in [0, 0.1) is 0 Å². The van der Waals surface area contributed by atoms with Gasteiger partial charge in [0.2, 0.25) is 0 Å². The molecule has 0 aliphatic rings. The van der Waals surface area contributed by atoms with Gasteiger partial charge in [-0.15, -0.1) is 22.7 Å². The lowest BCUT2D eigenvalue weighted by atomic mass is 9.94. The SMILES string of the molecule is c1ccc(-c2nc(-c3ccccc3)nc(-c3ccc4c(c3)sc3cc(-c5cc(-c6cccc7c6sc6ccccc67)cc6c5oc5ccccc56)ccc34)n2)cc1. The predicted octanol–water partition coefficient (Wildman–Crippen LogP) is 14.8. The number of hydrogen-bond acceptors (Lipinski definition) is 6. The first-order valence-corrected chi connectivity index (χ1v) is 20.6. The second-order valence-corrected chi connectivity index (χ2v) is 16.5. The van der Waals surface area contributed by atoms with Gasteiger partial charge in [0, 0.05) is 73.4 Å². The topological polar surface area (TPSA) is 51.8 Å². The number of furan rings is 1. The Labute approximate surface area is 335 Å². The molecule has 6 heteroatoms. The van der Waals surface area contributed by atoms with Crippen LogP contribution in [0.15, 0.2) is 180 Å². The van der Waals surface area contributed by atoms with Crippen LogP contribution >= 0.6 is 22.7 Å². The maximum Gasteiger partial charge on any atom is 0.164 e. The van der Waals surface area contributed by atoms with Gasteiger partial charge in [-0.05, 0) is 53.1 Å². The van der Waals surface area contributed by atoms with Crippen LogP contribution in [0.3, 0.4) is 0 Å². The molecule has 0 fully saturated rings. The van der Waals surface area contributed by atoms with Crippen molar-refractivity contribution in [3.05, 3.63) is 176 Å². The molecule has 0 N–H and O–H groups in total. The third-order valence-electron chi connectivity index (χ3n) is 10.9. The molecule has 0 aliphatic heterocycles. The van der Waals surface area contributed by atoms with E-state index < -0.39 is 0 Å². The van der Waals surface area contributed by atoms with Crippen molar-refractivity contribution in [1.82, 2.24) is 15.0 Å². The van der Waals surface area contributed by atoms with Crippen molar-refractivity contribution >= 4 is 85.0 Å². The molecule has 266 valence electrons. The number of hydrogen-bond donors (Lipinski definition) is 0. The molecule has 0 unspecified atom stereocenters. The van der Waals surface area contributed by atoms with Gasteiger partial charge in [0.05, 0.1) is 0 Å². The van der Waals surface area contributed by atoms with Gasteiger partial charge in [0.25, 0.3) is 0 Å². The molecule has 12 aromatic rings. The van der Waals surface area contributed by atoms with E-state index in [9.17, 15) is 0 Å². The molecule has 4 nitrogen and oxygen atoms in total. The van der Waals surface area contributed by atoms with E-state index in [1.807, 2.05) is 78.1 Å². The highest BCUT2D eigenvalue weighted by atomic mass is 32.1. The van der Waals surface area contributed by atoms with Crippen LogP contribution < -0.4 is 0 Å². The summed E-state index contributed by atoms with van der Waals surface area (Å²) in [6.45, 7) is 0. The molecular weight excluding hydrogens is 735 g/mol. The van der Waals surface area contributed by atoms with E-state index in [0.29, 0.717) is 17.5 Å². The van der Waals surface area contributed by atoms with Crippen molar-refractivity contribution in [3.63, 3.8) is 0 Å². The fourth-order valence-electron chi connectivity index (χ4n) is 8.19. The third-order valence-corrected chi connectivity index (χ3v) is 13.3. The van der Waals surface area contributed by atoms with Crippen LogP contribution in [-0.4, -0.2) is 15.0 Å². The zero-order valence-electron chi connectivity index (χ0n) is 30.3. The number of para-hydroxylation sites is 1. The molecule has 57 heavy (non-hydrogen) atoms. The lowest BCUT2D eigenvalue weighted by Gasteiger charge is -2.09. The second-order valence-electron chi connectivity index (χ2n) is 14.3. The average molecular weight is 764 g/mol. The van der Waals surface area contributed by atoms with Crippen LogP contribution in [0.2, 0.25) is 0 Å². The lowest BCUT2D eigenvalue weighted by molar-refractivity contribution is 0.670. The maximum absolute atomic E-state index is 6.67. The summed E-state index contributed by atoms with van der Waals surface area (Å²) in [7, 11) is 0. The smallest absolute Gasteiger partial charge is 0.164 e. The fourth-order valence-corrected chi connectivity index (χ4v) is 10.6. The van der Waals surface area contributed by atoms with E-state index in [1.165, 1.54) is 51.5 Å². The Bertz CT molecular complexity index is 3470. The van der Waals surface area contributed by atoms with Gasteiger partial charge in [-0.3, -0.25) is 0 Å². The Morgan fingerprint density at radius 3 is 1.65 bits per heavy atom. The number of benzene rings is 8. The van der Waals surface area contributed by atoms with Crippen molar-refractivity contribution in [2.45, 2.75) is 0 Å². The van der Waals surface area contributed by atoms with Gasteiger partial charge in [-0.1, -0.05) is 140 Å². The average Bonchev–Trinajstić information content (AvgIpc) is 3.97. The van der Waals surface area contributed by atoms with Crippen LogP contribution in [0.25, 0.3) is 119 Å². The molecule has 0 aliphatic carbocycles. The van der Waals surface area contributed by atoms with E-state index in [-0.39, 0.29) is 0 Å². The Kier molecular flexibility index (Phi) is 7.24. The quantitative estimate of drug-likeness (QED) is 0.175. The highest BCUT2D eigenvalue weighted by Gasteiger charge is 2.19. The van der Waals surface area contributed by atoms with E-state index in [1.54, 1.807) is 11.3 Å². The van der Waals surface area contributed by atoms with Crippen LogP contribution in [0.5, 0.6) is 0 Å². The predicted molar refractivity (Wildman–Crippen MR) is 240 cm³/mol. The van der Waals surface area contributed by atoms with Crippen LogP contribution in [-0.2, 0) is 0 Å². The summed E-state index contributed by atoms with van der Waals surface area (Å²) in [6.07, 6.45) is 0. The van der Waals surface area contributed by atoms with Crippen LogP contribution in [0.4, 0.5) is 0 Å². The lowest BCUT2D eigenvalue weighted by Crippen LogP contribution is -1.99. The molecule has 8 aromatic carbocycles. The number of aromatic nitrogens is 3. The van der Waals surface area contributed by atoms with Gasteiger partial charge >= 0.3 is 0 Å². The molecule has 0 bridgehead atoms. The molecule has 4 aromatic heterocycles. The van der Waals surface area contributed by atoms with Crippen molar-refractivity contribution in [1.29, 1.82) is 0 Å². The summed E-state index contributed by atoms with van der Waals surface area (Å²) < 4.78 is 11.7. The molecule has 0 saturated carbocycles. The molecule has 12 rings (SSSR count). The number of fused-ring (bicyclic) bond motifs is 9. The molecule has 0 atom stereocenters. The van der Waals surface area contributed by atoms with E-state index in [0.717, 1.165) is 49.8 Å². The van der Waals surface area contributed by atoms with Gasteiger partial charge in [-0.25, -0.2) is 15.0 Å². The molecule has 4 heterocycles. The van der Waals surface area contributed by atoms with Gasteiger partial charge in [-0.2, -0.15) is 0 Å². The van der Waals surface area contributed by atoms with Crippen molar-refractivity contribution < 1.29 is 4.42 Å². The minimum absolute atomic E-state index is 0.653. The van der Waals surface area contributed by atoms with Gasteiger partial charge < -0.3 is 4.42 Å². The zero-order chi connectivity index (χ0) is 37.5. The number of nitrogens with zero attached hydrogens (tertiary/aromatic N) is 3. The summed E-state index contributed by atoms with van der Waals surface area (Å²) in [5, 5.41) is 7.28. The summed E-state index contributed by atoms with van der Waals surface area (Å²) in [5.74, 6) is 1.96. The molecule has 0 saturated heterocycles. The third kappa shape index (κ3) is 5.30. The van der Waals surface area contributed by atoms with Gasteiger partial charge in [0.15, 0.2) is 17.5 Å². The molecule has 0 radical (unpaired) electrons. The Morgan fingerprint density at radius 2 is 0.912 bits per heavy atom. The first-order valence-electron chi connectivity index (χ1n) is 18.9. The van der Waals surface area contributed by atoms with E-state index in [4.69, 9.17) is 19.4 Å². The minimum Gasteiger partial charge on any atom is -0.455 e. The normalized spacial score (nSPS) is 11.9. The first-order chi connectivity index (χ1) is 28.2. The number of thiophene rings is 2. The van der Waals surface area contributed by atoms with Crippen molar-refractivity contribution in [2.24, 2.45) is 0 Å². The first kappa shape index (κ1) is 32.3. The van der Waals surface area contributed by atoms with Gasteiger partial charge in [0.1, 0.15) is 11.2 Å². The maximum atomic E-state index is 6.67. The summed E-state index contributed by atoms with van der Waals surface area (Å²) >= 11 is 3.66. The largest absolute Gasteiger partial charge is 0.455 e. The molecular formula is C51H29N3OS2. The summed E-state index contributed by atoms with van der Waals surface area (Å²) in [6, 6.07) is 62.1. The monoisotopic (exact) mass is 763 g/mol. The standard InChI is InChI=1S/C51H29N3OS2/c1-3-12-30(13-4-1)49-52-50(31-14-5-2-6-15-31)54-51(53-49)33-23-25-39-38-24-22-32(28-45(38)56-46(39)29-33)41-26-34(27-42-36-16-7-9-20-43(36)55-47(41)42)35-18-11-19-40-37-17-8-10-21-44(37)57-48(35)40/h1-29H. The fraction of sp³-hybridized carbons (Fsp3) is 0. The second kappa shape index (κ2) is 12.8. The number of rotatable bonds is 5. The molecule has 0 spiro atoms. The Morgan fingerprint density at radius 1 is 0.333 bits per heavy atom. The van der Waals surface area contributed by atoms with Crippen molar-refractivity contribution in [3.8, 4) is 56.4 Å². The van der Waals surface area contributed by atoms with Crippen molar-refractivity contribution in [2.75, 3.05) is 0 Å². The van der Waals surface area contributed by atoms with Crippen LogP contribution in [0.1, 0.15) is 0 Å². The zero-order valence-corrected chi connectivity index (χ0v) is 31.9.